The van der Waals surface area contributed by atoms with Gasteiger partial charge in [0.25, 0.3) is 0 Å². The quantitative estimate of drug-likeness (QED) is 0.870. The minimum Gasteiger partial charge on any atom is -0.310 e. The summed E-state index contributed by atoms with van der Waals surface area (Å²) in [6.45, 7) is 5.93. The SMILES string of the molecule is CC(C)NCc1ccccc1CN(C)C1CCS(=O)(=O)C1. The molecule has 1 aliphatic rings. The lowest BCUT2D eigenvalue weighted by Gasteiger charge is -2.24. The number of nitrogens with zero attached hydrogens (tertiary/aromatic N) is 1. The molecule has 5 heteroatoms. The van der Waals surface area contributed by atoms with Crippen LogP contribution in [0.3, 0.4) is 0 Å². The van der Waals surface area contributed by atoms with Gasteiger partial charge in [-0.2, -0.15) is 0 Å². The smallest absolute Gasteiger partial charge is 0.151 e. The normalized spacial score (nSPS) is 21.3. The molecule has 0 aromatic heterocycles. The molecule has 0 amide bonds. The predicted octanol–water partition coefficient (Wildman–Crippen LogP) is 1.80. The fraction of sp³-hybridized carbons (Fsp3) is 0.625. The van der Waals surface area contributed by atoms with Gasteiger partial charge < -0.3 is 5.32 Å². The van der Waals surface area contributed by atoms with Crippen LogP contribution in [0.25, 0.3) is 0 Å². The molecule has 1 N–H and O–H groups in total. The van der Waals surface area contributed by atoms with Crippen LogP contribution in [-0.4, -0.2) is 44.0 Å². The summed E-state index contributed by atoms with van der Waals surface area (Å²) in [5.74, 6) is 0.633. The van der Waals surface area contributed by atoms with E-state index in [4.69, 9.17) is 0 Å². The molecule has 1 saturated heterocycles. The highest BCUT2D eigenvalue weighted by Crippen LogP contribution is 2.20. The standard InChI is InChI=1S/C16H26N2O2S/c1-13(2)17-10-14-6-4-5-7-15(14)11-18(3)16-8-9-21(19,20)12-16/h4-7,13,16-17H,8-12H2,1-3H3. The summed E-state index contributed by atoms with van der Waals surface area (Å²) >= 11 is 0. The molecule has 4 nitrogen and oxygen atoms in total. The first-order valence-corrected chi connectivity index (χ1v) is 9.40. The largest absolute Gasteiger partial charge is 0.310 e. The average molecular weight is 310 g/mol. The maximum Gasteiger partial charge on any atom is 0.151 e. The molecular weight excluding hydrogens is 284 g/mol. The van der Waals surface area contributed by atoms with Crippen molar-refractivity contribution in [3.05, 3.63) is 35.4 Å². The average Bonchev–Trinajstić information content (AvgIpc) is 2.78. The van der Waals surface area contributed by atoms with Gasteiger partial charge in [-0.1, -0.05) is 38.1 Å². The topological polar surface area (TPSA) is 49.4 Å². The van der Waals surface area contributed by atoms with Crippen LogP contribution in [0.2, 0.25) is 0 Å². The van der Waals surface area contributed by atoms with Gasteiger partial charge >= 0.3 is 0 Å². The zero-order valence-corrected chi connectivity index (χ0v) is 14.0. The molecular formula is C16H26N2O2S. The van der Waals surface area contributed by atoms with Crippen LogP contribution in [0.4, 0.5) is 0 Å². The predicted molar refractivity (Wildman–Crippen MR) is 86.9 cm³/mol. The van der Waals surface area contributed by atoms with Crippen molar-refractivity contribution < 1.29 is 8.42 Å². The third-order valence-electron chi connectivity index (χ3n) is 4.07. The fourth-order valence-electron chi connectivity index (χ4n) is 2.72. The number of sulfone groups is 1. The molecule has 1 fully saturated rings. The summed E-state index contributed by atoms with van der Waals surface area (Å²) in [4.78, 5) is 2.18. The van der Waals surface area contributed by atoms with Crippen LogP contribution in [0, 0.1) is 0 Å². The van der Waals surface area contributed by atoms with Crippen molar-refractivity contribution in [1.29, 1.82) is 0 Å². The summed E-state index contributed by atoms with van der Waals surface area (Å²) in [7, 11) is -0.792. The van der Waals surface area contributed by atoms with Crippen molar-refractivity contribution >= 4 is 9.84 Å². The molecule has 0 bridgehead atoms. The van der Waals surface area contributed by atoms with Crippen molar-refractivity contribution in [3.8, 4) is 0 Å². The number of benzene rings is 1. The van der Waals surface area contributed by atoms with E-state index in [1.54, 1.807) is 0 Å². The first-order valence-electron chi connectivity index (χ1n) is 7.58. The van der Waals surface area contributed by atoms with E-state index in [2.05, 4.69) is 42.3 Å². The minimum atomic E-state index is -2.82. The van der Waals surface area contributed by atoms with E-state index in [1.165, 1.54) is 11.1 Å². The molecule has 0 spiro atoms. The Labute approximate surface area is 128 Å². The first-order chi connectivity index (χ1) is 9.87. The molecule has 1 aromatic carbocycles. The van der Waals surface area contributed by atoms with Crippen LogP contribution < -0.4 is 5.32 Å². The number of hydrogen-bond donors (Lipinski definition) is 1. The van der Waals surface area contributed by atoms with Gasteiger partial charge in [0.2, 0.25) is 0 Å². The third kappa shape index (κ3) is 4.80. The van der Waals surface area contributed by atoms with E-state index in [1.807, 2.05) is 13.1 Å². The second-order valence-electron chi connectivity index (χ2n) is 6.28. The van der Waals surface area contributed by atoms with Gasteiger partial charge in [0, 0.05) is 25.2 Å². The highest BCUT2D eigenvalue weighted by atomic mass is 32.2. The molecule has 0 radical (unpaired) electrons. The molecule has 2 rings (SSSR count). The third-order valence-corrected chi connectivity index (χ3v) is 5.82. The monoisotopic (exact) mass is 310 g/mol. The minimum absolute atomic E-state index is 0.154. The zero-order chi connectivity index (χ0) is 15.5. The van der Waals surface area contributed by atoms with Gasteiger partial charge in [0.1, 0.15) is 0 Å². The molecule has 1 unspecified atom stereocenters. The summed E-state index contributed by atoms with van der Waals surface area (Å²) in [5, 5.41) is 3.44. The second-order valence-corrected chi connectivity index (χ2v) is 8.51. The van der Waals surface area contributed by atoms with Crippen LogP contribution in [0.1, 0.15) is 31.4 Å². The lowest BCUT2D eigenvalue weighted by molar-refractivity contribution is 0.253. The van der Waals surface area contributed by atoms with Crippen LogP contribution in [0.15, 0.2) is 24.3 Å². The first kappa shape index (κ1) is 16.5. The highest BCUT2D eigenvalue weighted by Gasteiger charge is 2.30. The Morgan fingerprint density at radius 2 is 1.95 bits per heavy atom. The van der Waals surface area contributed by atoms with Gasteiger partial charge in [-0.3, -0.25) is 4.90 Å². The van der Waals surface area contributed by atoms with Crippen LogP contribution in [-0.2, 0) is 22.9 Å². The summed E-state index contributed by atoms with van der Waals surface area (Å²) in [5.41, 5.74) is 2.57. The Hall–Kier alpha value is -0.910. The number of rotatable bonds is 6. The van der Waals surface area contributed by atoms with Crippen LogP contribution >= 0.6 is 0 Å². The maximum atomic E-state index is 11.6. The lowest BCUT2D eigenvalue weighted by atomic mass is 10.1. The van der Waals surface area contributed by atoms with E-state index in [-0.39, 0.29) is 6.04 Å². The van der Waals surface area contributed by atoms with Crippen molar-refractivity contribution in [3.63, 3.8) is 0 Å². The van der Waals surface area contributed by atoms with E-state index < -0.39 is 9.84 Å². The Balaban J connectivity index is 2.02. The van der Waals surface area contributed by atoms with Crippen molar-refractivity contribution in [2.75, 3.05) is 18.6 Å². The molecule has 1 aromatic rings. The second kappa shape index (κ2) is 6.90. The van der Waals surface area contributed by atoms with Gasteiger partial charge in [0.05, 0.1) is 11.5 Å². The van der Waals surface area contributed by atoms with E-state index in [9.17, 15) is 8.42 Å². The van der Waals surface area contributed by atoms with E-state index in [0.717, 1.165) is 19.5 Å². The van der Waals surface area contributed by atoms with Gasteiger partial charge in [-0.15, -0.1) is 0 Å². The Morgan fingerprint density at radius 1 is 1.29 bits per heavy atom. The lowest BCUT2D eigenvalue weighted by Crippen LogP contribution is -2.32. The molecule has 1 heterocycles. The molecule has 118 valence electrons. The molecule has 0 saturated carbocycles. The molecule has 0 aliphatic carbocycles. The molecule has 1 aliphatic heterocycles. The van der Waals surface area contributed by atoms with Crippen molar-refractivity contribution in [1.82, 2.24) is 10.2 Å². The molecule has 21 heavy (non-hydrogen) atoms. The summed E-state index contributed by atoms with van der Waals surface area (Å²) in [6, 6.07) is 8.99. The van der Waals surface area contributed by atoms with Crippen LogP contribution in [0.5, 0.6) is 0 Å². The van der Waals surface area contributed by atoms with Crippen molar-refractivity contribution in [2.45, 2.75) is 45.4 Å². The number of hydrogen-bond acceptors (Lipinski definition) is 4. The van der Waals surface area contributed by atoms with E-state index >= 15 is 0 Å². The fourth-order valence-corrected chi connectivity index (χ4v) is 4.52. The van der Waals surface area contributed by atoms with Gasteiger partial charge in [-0.25, -0.2) is 8.42 Å². The van der Waals surface area contributed by atoms with Gasteiger partial charge in [-0.05, 0) is 24.6 Å². The van der Waals surface area contributed by atoms with Crippen molar-refractivity contribution in [2.24, 2.45) is 0 Å². The summed E-state index contributed by atoms with van der Waals surface area (Å²) < 4.78 is 23.2. The van der Waals surface area contributed by atoms with Gasteiger partial charge in [0.15, 0.2) is 9.84 Å². The highest BCUT2D eigenvalue weighted by molar-refractivity contribution is 7.91. The summed E-state index contributed by atoms with van der Waals surface area (Å²) in [6.07, 6.45) is 0.755. The Morgan fingerprint density at radius 3 is 2.52 bits per heavy atom. The van der Waals surface area contributed by atoms with E-state index in [0.29, 0.717) is 17.5 Å². The zero-order valence-electron chi connectivity index (χ0n) is 13.2. The maximum absolute atomic E-state index is 11.6. The number of nitrogens with one attached hydrogen (secondary N) is 1. The molecule has 1 atom stereocenters. The Bertz CT molecular complexity index is 569. The Kier molecular flexibility index (Phi) is 5.41.